The van der Waals surface area contributed by atoms with Crippen LogP contribution in [0.3, 0.4) is 0 Å². The normalized spacial score (nSPS) is 10.3. The molecule has 104 valence electrons. The lowest BCUT2D eigenvalue weighted by Gasteiger charge is -2.25. The highest BCUT2D eigenvalue weighted by Crippen LogP contribution is 2.28. The van der Waals surface area contributed by atoms with E-state index in [-0.39, 0.29) is 0 Å². The molecule has 0 saturated carbocycles. The largest absolute Gasteiger partial charge is 0.478 e. The highest BCUT2D eigenvalue weighted by atomic mass is 79.9. The molecule has 0 saturated heterocycles. The van der Waals surface area contributed by atoms with E-state index < -0.39 is 5.97 Å². The van der Waals surface area contributed by atoms with E-state index in [0.29, 0.717) is 22.3 Å². The summed E-state index contributed by atoms with van der Waals surface area (Å²) in [4.78, 5) is 17.5. The lowest BCUT2D eigenvalue weighted by Crippen LogP contribution is -2.24. The quantitative estimate of drug-likeness (QED) is 0.908. The van der Waals surface area contributed by atoms with Crippen LogP contribution in [0.15, 0.2) is 47.2 Å². The smallest absolute Gasteiger partial charge is 0.338 e. The van der Waals surface area contributed by atoms with Crippen molar-refractivity contribution in [3.05, 3.63) is 58.3 Å². The van der Waals surface area contributed by atoms with Crippen molar-refractivity contribution in [3.8, 4) is 0 Å². The Balaban J connectivity index is 2.37. The molecular formula is C15H15BrN2O2. The molecule has 0 atom stereocenters. The van der Waals surface area contributed by atoms with E-state index in [1.807, 2.05) is 36.1 Å². The second-order valence-electron chi connectivity index (χ2n) is 4.31. The summed E-state index contributed by atoms with van der Waals surface area (Å²) < 4.78 is 0.593. The summed E-state index contributed by atoms with van der Waals surface area (Å²) in [6.45, 7) is 3.38. The van der Waals surface area contributed by atoms with Crippen LogP contribution in [0.25, 0.3) is 0 Å². The number of hydrogen-bond acceptors (Lipinski definition) is 3. The molecule has 4 nitrogen and oxygen atoms in total. The summed E-state index contributed by atoms with van der Waals surface area (Å²) in [6.07, 6.45) is 3.48. The summed E-state index contributed by atoms with van der Waals surface area (Å²) in [5.41, 5.74) is 2.10. The highest BCUT2D eigenvalue weighted by molar-refractivity contribution is 9.10. The molecule has 0 aliphatic heterocycles. The average Bonchev–Trinajstić information content (AvgIpc) is 2.45. The lowest BCUT2D eigenvalue weighted by molar-refractivity contribution is 0.0696. The number of nitrogens with zero attached hydrogens (tertiary/aromatic N) is 2. The highest BCUT2D eigenvalue weighted by Gasteiger charge is 2.18. The van der Waals surface area contributed by atoms with Gasteiger partial charge in [-0.05, 0) is 52.7 Å². The van der Waals surface area contributed by atoms with Crippen molar-refractivity contribution in [2.45, 2.75) is 13.5 Å². The predicted octanol–water partition coefficient (Wildman–Crippen LogP) is 3.57. The molecule has 0 aliphatic carbocycles. The Kier molecular flexibility index (Phi) is 4.74. The Hall–Kier alpha value is -1.88. The summed E-state index contributed by atoms with van der Waals surface area (Å²) >= 11 is 3.31. The fraction of sp³-hybridized carbons (Fsp3) is 0.200. The Morgan fingerprint density at radius 1 is 1.30 bits per heavy atom. The topological polar surface area (TPSA) is 53.4 Å². The van der Waals surface area contributed by atoms with Gasteiger partial charge in [0, 0.05) is 30.0 Å². The molecule has 0 aliphatic rings. The molecule has 2 aromatic rings. The monoisotopic (exact) mass is 334 g/mol. The van der Waals surface area contributed by atoms with Gasteiger partial charge in [0.2, 0.25) is 0 Å². The lowest BCUT2D eigenvalue weighted by atomic mass is 10.1. The van der Waals surface area contributed by atoms with Crippen molar-refractivity contribution in [1.29, 1.82) is 0 Å². The number of aromatic nitrogens is 1. The minimum absolute atomic E-state index is 0.295. The second-order valence-corrected chi connectivity index (χ2v) is 5.16. The number of rotatable bonds is 5. The number of aromatic carboxylic acids is 1. The maximum atomic E-state index is 11.4. The standard InChI is InChI=1S/C15H15BrN2O2/c1-2-18(10-11-6-8-17-9-7-11)13-5-3-4-12(16)14(13)15(19)20/h3-9H,2,10H2,1H3,(H,19,20). The maximum Gasteiger partial charge on any atom is 0.338 e. The first-order chi connectivity index (χ1) is 9.63. The molecule has 5 heteroatoms. The van der Waals surface area contributed by atoms with Crippen molar-refractivity contribution in [2.75, 3.05) is 11.4 Å². The fourth-order valence-corrected chi connectivity index (χ4v) is 2.59. The Morgan fingerprint density at radius 3 is 2.60 bits per heavy atom. The summed E-state index contributed by atoms with van der Waals surface area (Å²) in [5, 5.41) is 9.39. The van der Waals surface area contributed by atoms with E-state index in [1.54, 1.807) is 18.5 Å². The van der Waals surface area contributed by atoms with Crippen LogP contribution < -0.4 is 4.90 Å². The van der Waals surface area contributed by atoms with Crippen LogP contribution in [0.4, 0.5) is 5.69 Å². The second kappa shape index (κ2) is 6.52. The van der Waals surface area contributed by atoms with Crippen molar-refractivity contribution >= 4 is 27.6 Å². The number of carbonyl (C=O) groups is 1. The van der Waals surface area contributed by atoms with Crippen LogP contribution in [-0.2, 0) is 6.54 Å². The SMILES string of the molecule is CCN(Cc1ccncc1)c1cccc(Br)c1C(=O)O. The number of benzene rings is 1. The van der Waals surface area contributed by atoms with E-state index in [1.165, 1.54) is 0 Å². The first kappa shape index (κ1) is 14.5. The van der Waals surface area contributed by atoms with Gasteiger partial charge in [0.05, 0.1) is 11.3 Å². The molecule has 0 fully saturated rings. The van der Waals surface area contributed by atoms with Gasteiger partial charge in [-0.1, -0.05) is 6.07 Å². The van der Waals surface area contributed by atoms with Crippen LogP contribution in [0.2, 0.25) is 0 Å². The maximum absolute atomic E-state index is 11.4. The van der Waals surface area contributed by atoms with Gasteiger partial charge in [0.25, 0.3) is 0 Å². The molecule has 0 unspecified atom stereocenters. The predicted molar refractivity (Wildman–Crippen MR) is 82.1 cm³/mol. The molecule has 1 aromatic carbocycles. The zero-order valence-corrected chi connectivity index (χ0v) is 12.7. The molecule has 0 amide bonds. The van der Waals surface area contributed by atoms with Crippen LogP contribution in [0.1, 0.15) is 22.8 Å². The van der Waals surface area contributed by atoms with E-state index in [0.717, 1.165) is 12.1 Å². The van der Waals surface area contributed by atoms with Crippen molar-refractivity contribution in [1.82, 2.24) is 4.98 Å². The molecule has 0 radical (unpaired) electrons. The van der Waals surface area contributed by atoms with Crippen LogP contribution in [-0.4, -0.2) is 22.6 Å². The van der Waals surface area contributed by atoms with E-state index in [4.69, 9.17) is 0 Å². The number of anilines is 1. The molecule has 0 spiro atoms. The van der Waals surface area contributed by atoms with Crippen molar-refractivity contribution in [2.24, 2.45) is 0 Å². The third-order valence-corrected chi connectivity index (χ3v) is 3.71. The number of hydrogen-bond donors (Lipinski definition) is 1. The Labute approximate surface area is 126 Å². The van der Waals surface area contributed by atoms with Gasteiger partial charge in [-0.15, -0.1) is 0 Å². The minimum Gasteiger partial charge on any atom is -0.478 e. The van der Waals surface area contributed by atoms with Gasteiger partial charge in [-0.3, -0.25) is 4.98 Å². The van der Waals surface area contributed by atoms with Crippen LogP contribution in [0.5, 0.6) is 0 Å². The van der Waals surface area contributed by atoms with Gasteiger partial charge in [0.1, 0.15) is 0 Å². The van der Waals surface area contributed by atoms with Crippen molar-refractivity contribution < 1.29 is 9.90 Å². The van der Waals surface area contributed by atoms with Crippen LogP contribution in [0, 0.1) is 0 Å². The number of halogens is 1. The average molecular weight is 335 g/mol. The summed E-state index contributed by atoms with van der Waals surface area (Å²) in [5.74, 6) is -0.930. The summed E-state index contributed by atoms with van der Waals surface area (Å²) in [7, 11) is 0. The molecular weight excluding hydrogens is 320 g/mol. The van der Waals surface area contributed by atoms with E-state index in [2.05, 4.69) is 20.9 Å². The molecule has 20 heavy (non-hydrogen) atoms. The molecule has 1 aromatic heterocycles. The van der Waals surface area contributed by atoms with Gasteiger partial charge >= 0.3 is 5.97 Å². The molecule has 2 rings (SSSR count). The first-order valence-electron chi connectivity index (χ1n) is 6.29. The van der Waals surface area contributed by atoms with Gasteiger partial charge < -0.3 is 10.0 Å². The Morgan fingerprint density at radius 2 is 2.00 bits per heavy atom. The number of carboxylic acids is 1. The van der Waals surface area contributed by atoms with Gasteiger partial charge in [-0.2, -0.15) is 0 Å². The third kappa shape index (κ3) is 3.17. The molecule has 1 heterocycles. The third-order valence-electron chi connectivity index (χ3n) is 3.05. The zero-order valence-electron chi connectivity index (χ0n) is 11.1. The molecule has 1 N–H and O–H groups in total. The first-order valence-corrected chi connectivity index (χ1v) is 7.08. The van der Waals surface area contributed by atoms with Gasteiger partial charge in [-0.25, -0.2) is 4.79 Å². The van der Waals surface area contributed by atoms with Crippen molar-refractivity contribution in [3.63, 3.8) is 0 Å². The molecule has 0 bridgehead atoms. The zero-order chi connectivity index (χ0) is 14.5. The summed E-state index contributed by atoms with van der Waals surface area (Å²) in [6, 6.07) is 9.29. The minimum atomic E-state index is -0.930. The van der Waals surface area contributed by atoms with Crippen LogP contribution >= 0.6 is 15.9 Å². The number of carboxylic acid groups (broad SMARTS) is 1. The van der Waals surface area contributed by atoms with E-state index in [9.17, 15) is 9.90 Å². The van der Waals surface area contributed by atoms with Gasteiger partial charge in [0.15, 0.2) is 0 Å². The Bertz CT molecular complexity index is 602. The van der Waals surface area contributed by atoms with E-state index >= 15 is 0 Å². The number of pyridine rings is 1. The fourth-order valence-electron chi connectivity index (χ4n) is 2.06.